The van der Waals surface area contributed by atoms with Gasteiger partial charge in [-0.1, -0.05) is 19.9 Å². The molecule has 2 aliphatic rings. The third-order valence-electron chi connectivity index (χ3n) is 8.16. The minimum atomic E-state index is -1.83. The lowest BCUT2D eigenvalue weighted by Gasteiger charge is -2.37. The highest BCUT2D eigenvalue weighted by Crippen LogP contribution is 2.41. The zero-order valence-electron chi connectivity index (χ0n) is 27.7. The molecule has 2 unspecified atom stereocenters. The van der Waals surface area contributed by atoms with Crippen LogP contribution in [-0.4, -0.2) is 79.3 Å². The quantitative estimate of drug-likeness (QED) is 0.259. The molecule has 0 aliphatic carbocycles. The third-order valence-corrected chi connectivity index (χ3v) is 8.16. The van der Waals surface area contributed by atoms with Gasteiger partial charge in [0.15, 0.2) is 18.1 Å². The SMILES string of the molecule is CC(C)Cc1nc2c(cnn2C2C(F)CN(C(=O)OC(C)(C)C)CC2F)c(-c2ccc3c(c2)OCC(=O)N3Cc2ncc(F)cn2)c1C#N. The summed E-state index contributed by atoms with van der Waals surface area (Å²) in [6, 6.07) is 5.94. The molecule has 3 aromatic heterocycles. The summed E-state index contributed by atoms with van der Waals surface area (Å²) < 4.78 is 57.4. The Balaban J connectivity index is 1.41. The topological polar surface area (TPSA) is 139 Å². The van der Waals surface area contributed by atoms with E-state index in [1.807, 2.05) is 13.8 Å². The summed E-state index contributed by atoms with van der Waals surface area (Å²) >= 11 is 0. The lowest BCUT2D eigenvalue weighted by molar-refractivity contribution is -0.121. The van der Waals surface area contributed by atoms with Gasteiger partial charge >= 0.3 is 6.09 Å². The molecule has 256 valence electrons. The number of nitrogens with zero attached hydrogens (tertiary/aromatic N) is 8. The van der Waals surface area contributed by atoms with Crippen LogP contribution in [0.5, 0.6) is 5.75 Å². The Morgan fingerprint density at radius 2 is 1.84 bits per heavy atom. The van der Waals surface area contributed by atoms with Gasteiger partial charge in [0.2, 0.25) is 0 Å². The van der Waals surface area contributed by atoms with Gasteiger partial charge in [0, 0.05) is 10.9 Å². The van der Waals surface area contributed by atoms with Crippen LogP contribution in [0.2, 0.25) is 0 Å². The van der Waals surface area contributed by atoms with Gasteiger partial charge in [-0.05, 0) is 50.8 Å². The van der Waals surface area contributed by atoms with Crippen LogP contribution in [-0.2, 0) is 22.5 Å². The molecule has 2 aliphatic heterocycles. The zero-order valence-corrected chi connectivity index (χ0v) is 27.7. The van der Waals surface area contributed by atoms with Crippen LogP contribution in [0.25, 0.3) is 22.2 Å². The number of anilines is 1. The number of ether oxygens (including phenoxy) is 2. The zero-order chi connectivity index (χ0) is 35.2. The van der Waals surface area contributed by atoms with Crippen molar-refractivity contribution in [2.75, 3.05) is 24.6 Å². The van der Waals surface area contributed by atoms with Crippen LogP contribution in [0, 0.1) is 23.1 Å². The Labute approximate surface area is 280 Å². The fraction of sp³-hybridized carbons (Fsp3) is 0.441. The van der Waals surface area contributed by atoms with Gasteiger partial charge < -0.3 is 14.4 Å². The van der Waals surface area contributed by atoms with E-state index in [4.69, 9.17) is 14.5 Å². The number of hydrogen-bond donors (Lipinski definition) is 0. The number of carbonyl (C=O) groups excluding carboxylic acids is 2. The minimum Gasteiger partial charge on any atom is -0.482 e. The predicted molar refractivity (Wildman–Crippen MR) is 172 cm³/mol. The summed E-state index contributed by atoms with van der Waals surface area (Å²) in [5.74, 6) is -0.296. The van der Waals surface area contributed by atoms with Crippen molar-refractivity contribution in [1.29, 1.82) is 5.26 Å². The molecular weight excluding hydrogens is 641 g/mol. The first-order valence-corrected chi connectivity index (χ1v) is 15.8. The number of carbonyl (C=O) groups is 2. The second-order valence-electron chi connectivity index (χ2n) is 13.5. The molecule has 1 saturated heterocycles. The van der Waals surface area contributed by atoms with Crippen LogP contribution >= 0.6 is 0 Å². The molecule has 1 aromatic carbocycles. The maximum atomic E-state index is 15.8. The van der Waals surface area contributed by atoms with E-state index < -0.39 is 49.0 Å². The Morgan fingerprint density at radius 1 is 1.14 bits per heavy atom. The van der Waals surface area contributed by atoms with Crippen molar-refractivity contribution in [3.63, 3.8) is 0 Å². The molecule has 0 radical (unpaired) electrons. The van der Waals surface area contributed by atoms with Crippen molar-refractivity contribution in [3.8, 4) is 22.9 Å². The van der Waals surface area contributed by atoms with Gasteiger partial charge in [-0.3, -0.25) is 9.69 Å². The second kappa shape index (κ2) is 13.0. The highest BCUT2D eigenvalue weighted by molar-refractivity contribution is 6.00. The molecule has 49 heavy (non-hydrogen) atoms. The van der Waals surface area contributed by atoms with Gasteiger partial charge in [0.05, 0.1) is 55.2 Å². The first-order valence-electron chi connectivity index (χ1n) is 15.8. The standard InChI is InChI=1S/C34H35F3N8O4/c1-18(2)8-25-21(10-38)30(19-6-7-26-27(9-19)48-17-29(46)44(26)16-28-39-11-20(35)12-40-28)22-13-41-45(32(22)42-25)31-23(36)14-43(15-24(31)37)33(47)49-34(3,4)5/h6-7,9,11-13,18,23-24,31H,8,14-17H2,1-5H3. The summed E-state index contributed by atoms with van der Waals surface area (Å²) in [6.45, 7) is 7.86. The number of piperidine rings is 1. The van der Waals surface area contributed by atoms with E-state index in [1.165, 1.54) is 15.8 Å². The number of likely N-dealkylation sites (tertiary alicyclic amines) is 1. The van der Waals surface area contributed by atoms with Crippen molar-refractivity contribution in [3.05, 3.63) is 59.7 Å². The minimum absolute atomic E-state index is 0.0232. The first-order chi connectivity index (χ1) is 23.2. The molecule has 0 saturated carbocycles. The van der Waals surface area contributed by atoms with Crippen LogP contribution in [0.15, 0.2) is 36.8 Å². The van der Waals surface area contributed by atoms with Crippen LogP contribution in [0.1, 0.15) is 57.7 Å². The molecule has 2 atom stereocenters. The maximum absolute atomic E-state index is 15.8. The smallest absolute Gasteiger partial charge is 0.410 e. The van der Waals surface area contributed by atoms with Gasteiger partial charge in [0.1, 0.15) is 41.6 Å². The molecule has 12 nitrogen and oxygen atoms in total. The van der Waals surface area contributed by atoms with Crippen molar-refractivity contribution in [1.82, 2.24) is 29.6 Å². The Kier molecular flexibility index (Phi) is 8.91. The van der Waals surface area contributed by atoms with Crippen molar-refractivity contribution >= 4 is 28.7 Å². The second-order valence-corrected chi connectivity index (χ2v) is 13.5. The van der Waals surface area contributed by atoms with Crippen molar-refractivity contribution < 1.29 is 32.2 Å². The summed E-state index contributed by atoms with van der Waals surface area (Å²) in [5, 5.41) is 15.2. The summed E-state index contributed by atoms with van der Waals surface area (Å²) in [7, 11) is 0. The monoisotopic (exact) mass is 676 g/mol. The Hall–Kier alpha value is -5.26. The molecule has 15 heteroatoms. The van der Waals surface area contributed by atoms with E-state index in [9.17, 15) is 19.2 Å². The van der Waals surface area contributed by atoms with E-state index in [2.05, 4.69) is 21.1 Å². The average Bonchev–Trinajstić information content (AvgIpc) is 3.43. The summed E-state index contributed by atoms with van der Waals surface area (Å²) in [5.41, 5.74) is 1.47. The van der Waals surface area contributed by atoms with Crippen LogP contribution < -0.4 is 9.64 Å². The molecule has 6 rings (SSSR count). The van der Waals surface area contributed by atoms with Crippen LogP contribution in [0.4, 0.5) is 23.7 Å². The fourth-order valence-electron chi connectivity index (χ4n) is 6.09. The van der Waals surface area contributed by atoms with Gasteiger partial charge in [-0.15, -0.1) is 0 Å². The lowest BCUT2D eigenvalue weighted by Crippen LogP contribution is -2.53. The van der Waals surface area contributed by atoms with Gasteiger partial charge in [-0.25, -0.2) is 37.6 Å². The van der Waals surface area contributed by atoms with E-state index in [0.717, 1.165) is 17.3 Å². The van der Waals surface area contributed by atoms with E-state index in [-0.39, 0.29) is 42.0 Å². The normalized spacial score (nSPS) is 19.5. The largest absolute Gasteiger partial charge is 0.482 e. The number of pyridine rings is 1. The number of aromatic nitrogens is 5. The number of alkyl halides is 2. The van der Waals surface area contributed by atoms with Gasteiger partial charge in [-0.2, -0.15) is 10.4 Å². The van der Waals surface area contributed by atoms with E-state index in [0.29, 0.717) is 40.1 Å². The van der Waals surface area contributed by atoms with E-state index >= 15 is 8.78 Å². The number of fused-ring (bicyclic) bond motifs is 2. The number of hydrogen-bond acceptors (Lipinski definition) is 9. The third kappa shape index (κ3) is 6.72. The molecule has 2 amide bonds. The average molecular weight is 677 g/mol. The molecule has 1 fully saturated rings. The highest BCUT2D eigenvalue weighted by atomic mass is 19.1. The number of rotatable bonds is 6. The predicted octanol–water partition coefficient (Wildman–Crippen LogP) is 5.49. The summed E-state index contributed by atoms with van der Waals surface area (Å²) in [6.07, 6.45) is -0.609. The molecule has 4 aromatic rings. The number of nitriles is 1. The van der Waals surface area contributed by atoms with E-state index in [1.54, 1.807) is 39.0 Å². The Morgan fingerprint density at radius 3 is 2.47 bits per heavy atom. The molecular formula is C34H35F3N8O4. The molecule has 5 heterocycles. The first kappa shape index (κ1) is 33.6. The highest BCUT2D eigenvalue weighted by Gasteiger charge is 2.43. The molecule has 0 bridgehead atoms. The van der Waals surface area contributed by atoms with Crippen molar-refractivity contribution in [2.45, 2.75) is 71.6 Å². The number of halogens is 3. The van der Waals surface area contributed by atoms with Crippen molar-refractivity contribution in [2.24, 2.45) is 5.92 Å². The Bertz CT molecular complexity index is 1940. The van der Waals surface area contributed by atoms with Crippen LogP contribution in [0.3, 0.4) is 0 Å². The molecule has 0 spiro atoms. The summed E-state index contributed by atoms with van der Waals surface area (Å²) in [4.78, 5) is 40.6. The maximum Gasteiger partial charge on any atom is 0.410 e. The molecule has 0 N–H and O–H groups in total. The number of benzene rings is 1. The fourth-order valence-corrected chi connectivity index (χ4v) is 6.09. The van der Waals surface area contributed by atoms with Gasteiger partial charge in [0.25, 0.3) is 5.91 Å². The number of amides is 2. The lowest BCUT2D eigenvalue weighted by atomic mass is 9.93.